The molecular weight excluding hydrogens is 351 g/mol. The summed E-state index contributed by atoms with van der Waals surface area (Å²) in [5.41, 5.74) is 0.711. The Bertz CT molecular complexity index is 847. The fourth-order valence-electron chi connectivity index (χ4n) is 2.06. The first-order valence-corrected chi connectivity index (χ1v) is 7.71. The van der Waals surface area contributed by atoms with Crippen molar-refractivity contribution < 1.29 is 23.5 Å². The van der Waals surface area contributed by atoms with Gasteiger partial charge in [-0.2, -0.15) is 0 Å². The zero-order valence-corrected chi connectivity index (χ0v) is 14.6. The van der Waals surface area contributed by atoms with Crippen LogP contribution < -0.4 is 5.32 Å². The van der Waals surface area contributed by atoms with Crippen molar-refractivity contribution in [2.45, 2.75) is 20.0 Å². The molecule has 0 saturated carbocycles. The summed E-state index contributed by atoms with van der Waals surface area (Å²) in [6.45, 7) is 2.77. The highest BCUT2D eigenvalue weighted by Gasteiger charge is 2.22. The van der Waals surface area contributed by atoms with Crippen LogP contribution in [-0.4, -0.2) is 28.3 Å². The number of benzene rings is 1. The number of nitrogens with one attached hydrogen (secondary N) is 1. The highest BCUT2D eigenvalue weighted by molar-refractivity contribution is 6.33. The molecule has 0 aliphatic heterocycles. The van der Waals surface area contributed by atoms with E-state index in [1.165, 1.54) is 36.7 Å². The van der Waals surface area contributed by atoms with Gasteiger partial charge in [0.25, 0.3) is 5.91 Å². The van der Waals surface area contributed by atoms with Crippen LogP contribution in [0.2, 0.25) is 5.02 Å². The topological polar surface area (TPSA) is 77.4 Å². The van der Waals surface area contributed by atoms with E-state index in [1.54, 1.807) is 7.05 Å². The van der Waals surface area contributed by atoms with Crippen LogP contribution >= 0.6 is 11.6 Å². The fraction of sp³-hybridized carbons (Fsp3) is 0.235. The van der Waals surface area contributed by atoms with Gasteiger partial charge in [-0.05, 0) is 38.1 Å². The highest BCUT2D eigenvalue weighted by atomic mass is 35.5. The Morgan fingerprint density at radius 2 is 1.96 bits per heavy atom. The Labute approximate surface area is 148 Å². The average Bonchev–Trinajstić information content (AvgIpc) is 2.92. The molecule has 0 aliphatic rings. The molecule has 0 unspecified atom stereocenters. The van der Waals surface area contributed by atoms with Crippen molar-refractivity contribution in [2.24, 2.45) is 7.05 Å². The average molecular weight is 367 g/mol. The third-order valence-electron chi connectivity index (χ3n) is 3.46. The highest BCUT2D eigenvalue weighted by Crippen LogP contribution is 2.22. The number of aryl methyl sites for hydroxylation is 1. The van der Waals surface area contributed by atoms with Crippen molar-refractivity contribution in [3.8, 4) is 0 Å². The van der Waals surface area contributed by atoms with Crippen LogP contribution in [0.5, 0.6) is 0 Å². The maximum atomic E-state index is 13.0. The molecule has 1 amide bonds. The molecule has 25 heavy (non-hydrogen) atoms. The molecule has 0 fully saturated rings. The lowest BCUT2D eigenvalue weighted by Gasteiger charge is -2.14. The van der Waals surface area contributed by atoms with Crippen LogP contribution in [0.15, 0.2) is 30.5 Å². The zero-order chi connectivity index (χ0) is 18.7. The Kier molecular flexibility index (Phi) is 5.58. The number of carbonyl (C=O) groups excluding carboxylic acids is 3. The number of anilines is 1. The minimum atomic E-state index is -1.12. The van der Waals surface area contributed by atoms with Gasteiger partial charge in [0.2, 0.25) is 0 Å². The van der Waals surface area contributed by atoms with E-state index in [2.05, 4.69) is 5.32 Å². The van der Waals surface area contributed by atoms with E-state index in [0.717, 1.165) is 12.1 Å². The number of ether oxygens (including phenoxy) is 1. The van der Waals surface area contributed by atoms with E-state index in [9.17, 15) is 18.8 Å². The Morgan fingerprint density at radius 3 is 2.52 bits per heavy atom. The second-order valence-electron chi connectivity index (χ2n) is 5.44. The lowest BCUT2D eigenvalue weighted by atomic mass is 10.2. The molecule has 8 heteroatoms. The Morgan fingerprint density at radius 1 is 1.28 bits per heavy atom. The minimum absolute atomic E-state index is 0.0282. The first-order chi connectivity index (χ1) is 11.7. The molecule has 1 aromatic heterocycles. The third-order valence-corrected chi connectivity index (χ3v) is 3.78. The van der Waals surface area contributed by atoms with Gasteiger partial charge in [0, 0.05) is 18.8 Å². The normalized spacial score (nSPS) is 11.7. The van der Waals surface area contributed by atoms with E-state index >= 15 is 0 Å². The monoisotopic (exact) mass is 366 g/mol. The van der Waals surface area contributed by atoms with Crippen molar-refractivity contribution in [3.63, 3.8) is 0 Å². The summed E-state index contributed by atoms with van der Waals surface area (Å²) in [4.78, 5) is 35.6. The van der Waals surface area contributed by atoms with Gasteiger partial charge in [0.05, 0.1) is 10.7 Å². The second-order valence-corrected chi connectivity index (χ2v) is 5.85. The molecule has 1 aromatic carbocycles. The van der Waals surface area contributed by atoms with Crippen LogP contribution in [-0.2, 0) is 16.6 Å². The molecule has 0 radical (unpaired) electrons. The SMILES string of the molecule is CC(=O)c1cc(C(=O)O[C@@H](C)C(=O)Nc2ccc(F)cc2Cl)n(C)c1. The van der Waals surface area contributed by atoms with Crippen LogP contribution in [0, 0.1) is 5.82 Å². The molecule has 2 aromatic rings. The number of nitrogens with zero attached hydrogens (tertiary/aromatic N) is 1. The van der Waals surface area contributed by atoms with Crippen molar-refractivity contribution in [1.82, 2.24) is 4.57 Å². The summed E-state index contributed by atoms with van der Waals surface area (Å²) in [5.74, 6) is -2.09. The van der Waals surface area contributed by atoms with E-state index in [0.29, 0.717) is 5.56 Å². The van der Waals surface area contributed by atoms with Crippen molar-refractivity contribution in [1.29, 1.82) is 0 Å². The molecule has 2 rings (SSSR count). The molecular formula is C17H16ClFN2O4. The summed E-state index contributed by atoms with van der Waals surface area (Å²) in [7, 11) is 1.59. The van der Waals surface area contributed by atoms with Gasteiger partial charge in [-0.1, -0.05) is 11.6 Å². The number of hydrogen-bond donors (Lipinski definition) is 1. The summed E-state index contributed by atoms with van der Waals surface area (Å²) in [5, 5.41) is 2.48. The number of rotatable bonds is 5. The van der Waals surface area contributed by atoms with Crippen molar-refractivity contribution in [2.75, 3.05) is 5.32 Å². The first kappa shape index (κ1) is 18.7. The van der Waals surface area contributed by atoms with E-state index < -0.39 is 23.8 Å². The first-order valence-electron chi connectivity index (χ1n) is 7.33. The fourth-order valence-corrected chi connectivity index (χ4v) is 2.27. The van der Waals surface area contributed by atoms with Crippen LogP contribution in [0.3, 0.4) is 0 Å². The molecule has 0 saturated heterocycles. The van der Waals surface area contributed by atoms with Crippen LogP contribution in [0.1, 0.15) is 34.7 Å². The molecule has 0 spiro atoms. The largest absolute Gasteiger partial charge is 0.448 e. The number of amides is 1. The molecule has 6 nitrogen and oxygen atoms in total. The number of Topliss-reactive ketones (excluding diaryl/α,β-unsaturated/α-hetero) is 1. The third kappa shape index (κ3) is 4.45. The summed E-state index contributed by atoms with van der Waals surface area (Å²) in [6.07, 6.45) is 0.381. The lowest BCUT2D eigenvalue weighted by molar-refractivity contribution is -0.123. The lowest BCUT2D eigenvalue weighted by Crippen LogP contribution is -2.30. The standard InChI is InChI=1S/C17H16ClFN2O4/c1-9(22)11-6-15(21(3)8-11)17(24)25-10(2)16(23)20-14-5-4-12(19)7-13(14)18/h4-8,10H,1-3H3,(H,20,23)/t10-/m0/s1. The van der Waals surface area contributed by atoms with Crippen molar-refractivity contribution >= 4 is 34.9 Å². The van der Waals surface area contributed by atoms with Gasteiger partial charge in [-0.25, -0.2) is 9.18 Å². The van der Waals surface area contributed by atoms with Crippen LogP contribution in [0.4, 0.5) is 10.1 Å². The summed E-state index contributed by atoms with van der Waals surface area (Å²) < 4.78 is 19.6. The number of esters is 1. The van der Waals surface area contributed by atoms with Gasteiger partial charge >= 0.3 is 5.97 Å². The smallest absolute Gasteiger partial charge is 0.355 e. The molecule has 1 atom stereocenters. The summed E-state index contributed by atoms with van der Waals surface area (Å²) in [6, 6.07) is 4.90. The van der Waals surface area contributed by atoms with E-state index in [-0.39, 0.29) is 22.2 Å². The number of halogens is 2. The Balaban J connectivity index is 2.05. The predicted octanol–water partition coefficient (Wildman–Crippen LogP) is 3.20. The van der Waals surface area contributed by atoms with E-state index in [4.69, 9.17) is 16.3 Å². The molecule has 132 valence electrons. The number of aromatic nitrogens is 1. The maximum absolute atomic E-state index is 13.0. The van der Waals surface area contributed by atoms with Gasteiger partial charge in [0.1, 0.15) is 11.5 Å². The molecule has 0 aliphatic carbocycles. The van der Waals surface area contributed by atoms with Gasteiger partial charge in [-0.15, -0.1) is 0 Å². The Hall–Kier alpha value is -2.67. The van der Waals surface area contributed by atoms with Crippen LogP contribution in [0.25, 0.3) is 0 Å². The number of ketones is 1. The van der Waals surface area contributed by atoms with Gasteiger partial charge in [0.15, 0.2) is 11.9 Å². The minimum Gasteiger partial charge on any atom is -0.448 e. The summed E-state index contributed by atoms with van der Waals surface area (Å²) >= 11 is 5.84. The maximum Gasteiger partial charge on any atom is 0.355 e. The predicted molar refractivity (Wildman–Crippen MR) is 90.3 cm³/mol. The zero-order valence-electron chi connectivity index (χ0n) is 13.8. The van der Waals surface area contributed by atoms with Gasteiger partial charge < -0.3 is 14.6 Å². The van der Waals surface area contributed by atoms with E-state index in [1.807, 2.05) is 0 Å². The second kappa shape index (κ2) is 7.48. The van der Waals surface area contributed by atoms with Gasteiger partial charge in [-0.3, -0.25) is 9.59 Å². The quantitative estimate of drug-likeness (QED) is 0.651. The molecule has 1 N–H and O–H groups in total. The number of hydrogen-bond acceptors (Lipinski definition) is 4. The van der Waals surface area contributed by atoms with Crippen molar-refractivity contribution in [3.05, 3.63) is 52.6 Å². The molecule has 1 heterocycles. The number of carbonyl (C=O) groups is 3. The molecule has 0 bridgehead atoms.